The Kier molecular flexibility index (Phi) is 6.36. The number of carbonyl (C=O) groups is 1. The Morgan fingerprint density at radius 3 is 2.48 bits per heavy atom. The molecule has 2 nitrogen and oxygen atoms in total. The fourth-order valence-corrected chi connectivity index (χ4v) is 8.57. The van der Waals surface area contributed by atoms with Crippen molar-refractivity contribution < 1.29 is 9.90 Å². The number of aliphatic hydroxyl groups excluding tert-OH is 1. The van der Waals surface area contributed by atoms with Gasteiger partial charge in [0, 0.05) is 5.92 Å². The van der Waals surface area contributed by atoms with Crippen LogP contribution in [0.5, 0.6) is 0 Å². The van der Waals surface area contributed by atoms with E-state index in [1.165, 1.54) is 37.7 Å². The van der Waals surface area contributed by atoms with Gasteiger partial charge < -0.3 is 5.11 Å². The van der Waals surface area contributed by atoms with Crippen molar-refractivity contribution in [1.82, 2.24) is 0 Å². The molecule has 4 aliphatic rings. The van der Waals surface area contributed by atoms with Crippen molar-refractivity contribution in [2.24, 2.45) is 52.3 Å². The first-order valence-electron chi connectivity index (χ1n) is 13.2. The van der Waals surface area contributed by atoms with Gasteiger partial charge in [-0.25, -0.2) is 0 Å². The van der Waals surface area contributed by atoms with Crippen molar-refractivity contribution in [2.45, 2.75) is 99.0 Å². The first-order chi connectivity index (χ1) is 14.6. The lowest BCUT2D eigenvalue weighted by Crippen LogP contribution is -2.53. The van der Waals surface area contributed by atoms with E-state index in [1.54, 1.807) is 0 Å². The van der Waals surface area contributed by atoms with Gasteiger partial charge >= 0.3 is 0 Å². The van der Waals surface area contributed by atoms with Gasteiger partial charge in [-0.05, 0) is 104 Å². The Labute approximate surface area is 191 Å². The van der Waals surface area contributed by atoms with E-state index in [4.69, 9.17) is 0 Å². The van der Waals surface area contributed by atoms with Crippen LogP contribution in [-0.2, 0) is 4.79 Å². The van der Waals surface area contributed by atoms with Gasteiger partial charge in [-0.1, -0.05) is 59.3 Å². The smallest absolute Gasteiger partial charge is 0.159 e. The second-order valence-corrected chi connectivity index (χ2v) is 12.4. The first kappa shape index (κ1) is 23.3. The first-order valence-corrected chi connectivity index (χ1v) is 13.2. The summed E-state index contributed by atoms with van der Waals surface area (Å²) in [5.41, 5.74) is 1.68. The zero-order chi connectivity index (χ0) is 22.6. The molecular weight excluding hydrogens is 380 g/mol. The van der Waals surface area contributed by atoms with Gasteiger partial charge in [0.2, 0.25) is 0 Å². The van der Waals surface area contributed by atoms with E-state index in [2.05, 4.69) is 53.7 Å². The molecule has 3 saturated carbocycles. The molecule has 0 aromatic heterocycles. The highest BCUT2D eigenvalue weighted by Gasteiger charge is 2.61. The number of hydrogen-bond acceptors (Lipinski definition) is 2. The number of rotatable bonds is 5. The van der Waals surface area contributed by atoms with E-state index in [0.29, 0.717) is 47.7 Å². The van der Waals surface area contributed by atoms with E-state index < -0.39 is 0 Å². The van der Waals surface area contributed by atoms with E-state index in [1.807, 2.05) is 6.08 Å². The largest absolute Gasteiger partial charge is 0.393 e. The second-order valence-electron chi connectivity index (χ2n) is 12.4. The summed E-state index contributed by atoms with van der Waals surface area (Å²) >= 11 is 0. The summed E-state index contributed by atoms with van der Waals surface area (Å²) in [7, 11) is 0. The van der Waals surface area contributed by atoms with Gasteiger partial charge in [-0.3, -0.25) is 4.79 Å². The summed E-state index contributed by atoms with van der Waals surface area (Å²) in [4.78, 5) is 13.5. The van der Waals surface area contributed by atoms with Crippen LogP contribution < -0.4 is 0 Å². The van der Waals surface area contributed by atoms with E-state index in [0.717, 1.165) is 12.8 Å². The van der Waals surface area contributed by atoms with Crippen LogP contribution in [0.1, 0.15) is 92.9 Å². The maximum Gasteiger partial charge on any atom is 0.159 e. The lowest BCUT2D eigenvalue weighted by atomic mass is 9.46. The zero-order valence-corrected chi connectivity index (χ0v) is 20.9. The number of carbonyl (C=O) groups excluding carboxylic acids is 1. The summed E-state index contributed by atoms with van der Waals surface area (Å²) in [6, 6.07) is 0. The normalized spacial score (nSPS) is 44.6. The Balaban J connectivity index is 1.57. The second kappa shape index (κ2) is 8.47. The van der Waals surface area contributed by atoms with Crippen molar-refractivity contribution in [3.8, 4) is 0 Å². The highest BCUT2D eigenvalue weighted by atomic mass is 16.3. The van der Waals surface area contributed by atoms with Crippen molar-refractivity contribution in [2.75, 3.05) is 0 Å². The molecule has 0 bridgehead atoms. The van der Waals surface area contributed by atoms with Gasteiger partial charge in [0.15, 0.2) is 5.78 Å². The Bertz CT molecular complexity index is 748. The van der Waals surface area contributed by atoms with Crippen molar-refractivity contribution >= 4 is 5.78 Å². The van der Waals surface area contributed by atoms with Gasteiger partial charge in [0.05, 0.1) is 6.10 Å². The summed E-state index contributed by atoms with van der Waals surface area (Å²) < 4.78 is 0. The predicted molar refractivity (Wildman–Crippen MR) is 129 cm³/mol. The average molecular weight is 427 g/mol. The molecule has 1 N–H and O–H groups in total. The van der Waals surface area contributed by atoms with Gasteiger partial charge in [-0.2, -0.15) is 0 Å². The van der Waals surface area contributed by atoms with Crippen molar-refractivity contribution in [3.63, 3.8) is 0 Å². The molecule has 0 heterocycles. The molecule has 9 atom stereocenters. The van der Waals surface area contributed by atoms with Crippen LogP contribution in [-0.4, -0.2) is 17.0 Å². The molecule has 3 fully saturated rings. The number of allylic oxidation sites excluding steroid dienone is 3. The van der Waals surface area contributed by atoms with Gasteiger partial charge in [0.25, 0.3) is 0 Å². The molecule has 174 valence electrons. The highest BCUT2D eigenvalue weighted by Crippen LogP contribution is 2.66. The molecule has 4 aliphatic carbocycles. The summed E-state index contributed by atoms with van der Waals surface area (Å²) in [6.45, 7) is 14.3. The summed E-state index contributed by atoms with van der Waals surface area (Å²) in [5.74, 6) is 4.27. The predicted octanol–water partition coefficient (Wildman–Crippen LogP) is 6.98. The number of fused-ring (bicyclic) bond motifs is 5. The van der Waals surface area contributed by atoms with Crippen LogP contribution in [0.2, 0.25) is 0 Å². The molecule has 0 amide bonds. The number of ketones is 1. The van der Waals surface area contributed by atoms with Crippen LogP contribution in [0.25, 0.3) is 0 Å². The average Bonchev–Trinajstić information content (AvgIpc) is 3.06. The Morgan fingerprint density at radius 1 is 1.06 bits per heavy atom. The SMILES string of the molecule is CC[C@H](/C=C/[C@H](C)[C@H]1CC[C@H]2[C@@H]3C(=O)C=C4C[C@@H](O)CC[C@]4(C)[C@H]3CC[C@]12C)C(C)C. The maximum atomic E-state index is 13.5. The topological polar surface area (TPSA) is 37.3 Å². The standard InChI is InChI=1S/C29H46O2/c1-7-20(18(2)3)9-8-19(4)23-10-11-24-27-25(13-15-29(23,24)6)28(5)14-12-22(30)16-21(28)17-26(27)31/h8-9,17-20,22-25,27,30H,7,10-16H2,1-6H3/b9-8+/t19-,20+,22-,23+,24-,25-,27-,28-,29+/m0/s1. The third-order valence-electron chi connectivity index (χ3n) is 10.6. The molecular formula is C29H46O2. The molecule has 0 aliphatic heterocycles. The lowest BCUT2D eigenvalue weighted by molar-refractivity contribution is -0.134. The fraction of sp³-hybridized carbons (Fsp3) is 0.828. The van der Waals surface area contributed by atoms with E-state index >= 15 is 0 Å². The lowest BCUT2D eigenvalue weighted by Gasteiger charge is -2.57. The minimum atomic E-state index is -0.251. The molecule has 0 aromatic carbocycles. The quantitative estimate of drug-likeness (QED) is 0.481. The Hall–Kier alpha value is -0.890. The molecule has 4 rings (SSSR count). The number of aliphatic hydroxyl groups is 1. The summed E-state index contributed by atoms with van der Waals surface area (Å²) in [5, 5.41) is 10.2. The Morgan fingerprint density at radius 2 is 1.81 bits per heavy atom. The molecule has 0 aromatic rings. The fourth-order valence-electron chi connectivity index (χ4n) is 8.57. The highest BCUT2D eigenvalue weighted by molar-refractivity contribution is 5.94. The van der Waals surface area contributed by atoms with Crippen LogP contribution in [0.15, 0.2) is 23.8 Å². The minimum absolute atomic E-state index is 0.133. The zero-order valence-electron chi connectivity index (χ0n) is 20.9. The van der Waals surface area contributed by atoms with Crippen molar-refractivity contribution in [3.05, 3.63) is 23.8 Å². The summed E-state index contributed by atoms with van der Waals surface area (Å²) in [6.07, 6.45) is 15.6. The molecule has 0 radical (unpaired) electrons. The van der Waals surface area contributed by atoms with Gasteiger partial charge in [0.1, 0.15) is 0 Å². The van der Waals surface area contributed by atoms with Crippen LogP contribution in [0.3, 0.4) is 0 Å². The minimum Gasteiger partial charge on any atom is -0.393 e. The monoisotopic (exact) mass is 426 g/mol. The van der Waals surface area contributed by atoms with Crippen LogP contribution >= 0.6 is 0 Å². The maximum absolute atomic E-state index is 13.5. The molecule has 31 heavy (non-hydrogen) atoms. The van der Waals surface area contributed by atoms with Gasteiger partial charge in [-0.15, -0.1) is 0 Å². The molecule has 2 heteroatoms. The molecule has 0 spiro atoms. The van der Waals surface area contributed by atoms with Crippen molar-refractivity contribution in [1.29, 1.82) is 0 Å². The third-order valence-corrected chi connectivity index (χ3v) is 10.6. The molecule has 0 saturated heterocycles. The third kappa shape index (κ3) is 3.79. The number of hydrogen-bond donors (Lipinski definition) is 1. The van der Waals surface area contributed by atoms with Crippen LogP contribution in [0.4, 0.5) is 0 Å². The van der Waals surface area contributed by atoms with Crippen LogP contribution in [0, 0.1) is 52.3 Å². The molecule has 0 unspecified atom stereocenters. The van der Waals surface area contributed by atoms with E-state index in [-0.39, 0.29) is 22.9 Å². The van der Waals surface area contributed by atoms with E-state index in [9.17, 15) is 9.90 Å².